The summed E-state index contributed by atoms with van der Waals surface area (Å²) in [6, 6.07) is 3.55. The van der Waals surface area contributed by atoms with Crippen molar-refractivity contribution in [2.75, 3.05) is 13.1 Å². The SMILES string of the molecule is C#CCCNCCc1cc(F)cc(F)c1. The van der Waals surface area contributed by atoms with E-state index in [1.165, 1.54) is 12.1 Å². The van der Waals surface area contributed by atoms with Crippen molar-refractivity contribution in [2.24, 2.45) is 0 Å². The Labute approximate surface area is 88.5 Å². The zero-order valence-corrected chi connectivity index (χ0v) is 8.39. The van der Waals surface area contributed by atoms with E-state index in [4.69, 9.17) is 6.42 Å². The Morgan fingerprint density at radius 3 is 2.40 bits per heavy atom. The number of hydrogen-bond acceptors (Lipinski definition) is 1. The summed E-state index contributed by atoms with van der Waals surface area (Å²) in [5.41, 5.74) is 0.653. The number of benzene rings is 1. The highest BCUT2D eigenvalue weighted by Gasteiger charge is 1.99. The van der Waals surface area contributed by atoms with Gasteiger partial charge in [-0.05, 0) is 30.7 Å². The summed E-state index contributed by atoms with van der Waals surface area (Å²) < 4.78 is 25.5. The van der Waals surface area contributed by atoms with Crippen molar-refractivity contribution in [3.8, 4) is 12.3 Å². The van der Waals surface area contributed by atoms with Crippen LogP contribution in [0.5, 0.6) is 0 Å². The van der Waals surface area contributed by atoms with E-state index in [2.05, 4.69) is 11.2 Å². The number of halogens is 2. The number of rotatable bonds is 5. The highest BCUT2D eigenvalue weighted by atomic mass is 19.1. The molecule has 0 bridgehead atoms. The Morgan fingerprint density at radius 2 is 1.80 bits per heavy atom. The van der Waals surface area contributed by atoms with Crippen molar-refractivity contribution in [3.63, 3.8) is 0 Å². The fraction of sp³-hybridized carbons (Fsp3) is 0.333. The molecule has 80 valence electrons. The van der Waals surface area contributed by atoms with Gasteiger partial charge in [0.2, 0.25) is 0 Å². The molecule has 1 N–H and O–H groups in total. The van der Waals surface area contributed by atoms with E-state index in [-0.39, 0.29) is 0 Å². The summed E-state index contributed by atoms with van der Waals surface area (Å²) in [5.74, 6) is 1.43. The van der Waals surface area contributed by atoms with Gasteiger partial charge in [-0.25, -0.2) is 8.78 Å². The average Bonchev–Trinajstić information content (AvgIpc) is 2.16. The fourth-order valence-corrected chi connectivity index (χ4v) is 1.27. The van der Waals surface area contributed by atoms with Crippen LogP contribution < -0.4 is 5.32 Å². The quantitative estimate of drug-likeness (QED) is 0.578. The lowest BCUT2D eigenvalue weighted by Crippen LogP contribution is -2.18. The molecule has 0 aliphatic rings. The van der Waals surface area contributed by atoms with Crippen molar-refractivity contribution in [3.05, 3.63) is 35.4 Å². The molecule has 0 radical (unpaired) electrons. The van der Waals surface area contributed by atoms with Gasteiger partial charge in [-0.3, -0.25) is 0 Å². The lowest BCUT2D eigenvalue weighted by molar-refractivity contribution is 0.578. The molecule has 0 fully saturated rings. The standard InChI is InChI=1S/C12H13F2N/c1-2-3-5-15-6-4-10-7-11(13)9-12(14)8-10/h1,7-9,15H,3-6H2. The second-order valence-corrected chi connectivity index (χ2v) is 3.23. The first-order chi connectivity index (χ1) is 7.22. The van der Waals surface area contributed by atoms with Gasteiger partial charge >= 0.3 is 0 Å². The Hall–Kier alpha value is -1.40. The maximum atomic E-state index is 12.8. The molecule has 0 atom stereocenters. The Kier molecular flexibility index (Phi) is 4.79. The van der Waals surface area contributed by atoms with Crippen LogP contribution in [0.4, 0.5) is 8.78 Å². The fourth-order valence-electron chi connectivity index (χ4n) is 1.27. The van der Waals surface area contributed by atoms with Crippen LogP contribution in [0.2, 0.25) is 0 Å². The van der Waals surface area contributed by atoms with Crippen molar-refractivity contribution in [2.45, 2.75) is 12.8 Å². The van der Waals surface area contributed by atoms with Crippen LogP contribution in [0.1, 0.15) is 12.0 Å². The van der Waals surface area contributed by atoms with E-state index in [1.54, 1.807) is 0 Å². The van der Waals surface area contributed by atoms with Gasteiger partial charge in [-0.2, -0.15) is 0 Å². The zero-order valence-electron chi connectivity index (χ0n) is 8.39. The van der Waals surface area contributed by atoms with Gasteiger partial charge in [-0.1, -0.05) is 0 Å². The molecule has 0 saturated carbocycles. The zero-order chi connectivity index (χ0) is 11.1. The highest BCUT2D eigenvalue weighted by molar-refractivity contribution is 5.18. The van der Waals surface area contributed by atoms with E-state index < -0.39 is 11.6 Å². The summed E-state index contributed by atoms with van der Waals surface area (Å²) in [7, 11) is 0. The molecule has 0 saturated heterocycles. The van der Waals surface area contributed by atoms with E-state index in [0.29, 0.717) is 24.9 Å². The van der Waals surface area contributed by atoms with E-state index in [9.17, 15) is 8.78 Å². The molecule has 1 nitrogen and oxygen atoms in total. The Bertz CT molecular complexity index is 335. The van der Waals surface area contributed by atoms with Crippen molar-refractivity contribution >= 4 is 0 Å². The second kappa shape index (κ2) is 6.15. The van der Waals surface area contributed by atoms with Crippen molar-refractivity contribution in [1.29, 1.82) is 0 Å². The maximum Gasteiger partial charge on any atom is 0.126 e. The largest absolute Gasteiger partial charge is 0.315 e. The van der Waals surface area contributed by atoms with Gasteiger partial charge in [0.05, 0.1) is 0 Å². The van der Waals surface area contributed by atoms with Gasteiger partial charge in [-0.15, -0.1) is 12.3 Å². The Morgan fingerprint density at radius 1 is 1.13 bits per heavy atom. The molecule has 0 spiro atoms. The predicted molar refractivity (Wildman–Crippen MR) is 56.4 cm³/mol. The van der Waals surface area contributed by atoms with Gasteiger partial charge in [0.25, 0.3) is 0 Å². The van der Waals surface area contributed by atoms with Crippen molar-refractivity contribution in [1.82, 2.24) is 5.32 Å². The summed E-state index contributed by atoms with van der Waals surface area (Å²) >= 11 is 0. The monoisotopic (exact) mass is 209 g/mol. The third-order valence-electron chi connectivity index (χ3n) is 1.96. The summed E-state index contributed by atoms with van der Waals surface area (Å²) in [6.07, 6.45) is 6.33. The molecule has 0 amide bonds. The maximum absolute atomic E-state index is 12.8. The third-order valence-corrected chi connectivity index (χ3v) is 1.96. The average molecular weight is 209 g/mol. The minimum absolute atomic E-state index is 0.534. The van der Waals surface area contributed by atoms with Crippen molar-refractivity contribution < 1.29 is 8.78 Å². The topological polar surface area (TPSA) is 12.0 Å². The van der Waals surface area contributed by atoms with Crippen LogP contribution in [0.25, 0.3) is 0 Å². The normalized spacial score (nSPS) is 9.93. The molecular weight excluding hydrogens is 196 g/mol. The van der Waals surface area contributed by atoms with Crippen LogP contribution in [0, 0.1) is 24.0 Å². The third kappa shape index (κ3) is 4.57. The van der Waals surface area contributed by atoms with Crippen LogP contribution in [-0.4, -0.2) is 13.1 Å². The number of terminal acetylenes is 1. The molecule has 0 aliphatic carbocycles. The smallest absolute Gasteiger partial charge is 0.126 e. The molecular formula is C12H13F2N. The predicted octanol–water partition coefficient (Wildman–Crippen LogP) is 2.12. The molecule has 0 aliphatic heterocycles. The van der Waals surface area contributed by atoms with Gasteiger partial charge in [0, 0.05) is 19.0 Å². The van der Waals surface area contributed by atoms with E-state index in [1.807, 2.05) is 0 Å². The minimum Gasteiger partial charge on any atom is -0.315 e. The van der Waals surface area contributed by atoms with E-state index in [0.717, 1.165) is 12.6 Å². The van der Waals surface area contributed by atoms with Crippen LogP contribution in [-0.2, 0) is 6.42 Å². The van der Waals surface area contributed by atoms with Gasteiger partial charge < -0.3 is 5.32 Å². The lowest BCUT2D eigenvalue weighted by Gasteiger charge is -2.03. The second-order valence-electron chi connectivity index (χ2n) is 3.23. The molecule has 0 heterocycles. The first kappa shape index (κ1) is 11.7. The first-order valence-electron chi connectivity index (χ1n) is 4.81. The molecule has 0 unspecified atom stereocenters. The lowest BCUT2D eigenvalue weighted by atomic mass is 10.1. The summed E-state index contributed by atoms with van der Waals surface area (Å²) in [6.45, 7) is 1.40. The first-order valence-corrected chi connectivity index (χ1v) is 4.81. The molecule has 1 aromatic carbocycles. The molecule has 15 heavy (non-hydrogen) atoms. The highest BCUT2D eigenvalue weighted by Crippen LogP contribution is 2.07. The number of nitrogens with one attached hydrogen (secondary N) is 1. The van der Waals surface area contributed by atoms with Crippen LogP contribution in [0.15, 0.2) is 18.2 Å². The van der Waals surface area contributed by atoms with Crippen LogP contribution >= 0.6 is 0 Å². The summed E-state index contributed by atoms with van der Waals surface area (Å²) in [5, 5.41) is 3.09. The summed E-state index contributed by atoms with van der Waals surface area (Å²) in [4.78, 5) is 0. The molecule has 1 rings (SSSR count). The minimum atomic E-state index is -0.534. The molecule has 3 heteroatoms. The van der Waals surface area contributed by atoms with Gasteiger partial charge in [0.1, 0.15) is 11.6 Å². The molecule has 0 aromatic heterocycles. The molecule has 1 aromatic rings. The Balaban J connectivity index is 2.34. The van der Waals surface area contributed by atoms with Crippen LogP contribution in [0.3, 0.4) is 0 Å². The number of hydrogen-bond donors (Lipinski definition) is 1. The van der Waals surface area contributed by atoms with Gasteiger partial charge in [0.15, 0.2) is 0 Å². The van der Waals surface area contributed by atoms with E-state index >= 15 is 0 Å².